The van der Waals surface area contributed by atoms with Crippen LogP contribution in [-0.2, 0) is 0 Å². The standard InChI is InChI=1S/3C3H8O.BH3O2/c3*1-3(2)4;2-1-3/h3*3-4H,1-2H3;1-3H. The normalized spacial score (nSPS) is 8.13. The molecule has 0 rings (SSSR count). The molecule has 0 saturated carbocycles. The van der Waals surface area contributed by atoms with Crippen LogP contribution in [-0.4, -0.2) is 51.4 Å². The molecule has 0 saturated heterocycles. The SMILES string of the molecule is CC(C)O.CC(C)O.CC(C)O.OBO. The minimum absolute atomic E-state index is 0.167. The van der Waals surface area contributed by atoms with Crippen LogP contribution in [0.1, 0.15) is 41.5 Å². The monoisotopic (exact) mass is 226 g/mol. The van der Waals surface area contributed by atoms with Crippen LogP contribution in [0.15, 0.2) is 0 Å². The second kappa shape index (κ2) is 23.6. The molecule has 0 atom stereocenters. The molecule has 0 aliphatic heterocycles. The molecule has 0 aliphatic rings. The van der Waals surface area contributed by atoms with E-state index in [9.17, 15) is 0 Å². The first kappa shape index (κ1) is 24.2. The molecule has 0 unspecified atom stereocenters. The van der Waals surface area contributed by atoms with E-state index in [4.69, 9.17) is 25.4 Å². The summed E-state index contributed by atoms with van der Waals surface area (Å²) in [5.41, 5.74) is 0. The third kappa shape index (κ3) is 107000. The summed E-state index contributed by atoms with van der Waals surface area (Å²) in [5.74, 6) is 0. The molecule has 5 nitrogen and oxygen atoms in total. The Kier molecular flexibility index (Phi) is 38.1. The van der Waals surface area contributed by atoms with Crippen molar-refractivity contribution in [2.45, 2.75) is 59.9 Å². The van der Waals surface area contributed by atoms with Crippen molar-refractivity contribution in [3.63, 3.8) is 0 Å². The lowest BCUT2D eigenvalue weighted by molar-refractivity contribution is 0.215. The van der Waals surface area contributed by atoms with Crippen molar-refractivity contribution in [2.24, 2.45) is 0 Å². The summed E-state index contributed by atoms with van der Waals surface area (Å²) >= 11 is 0. The zero-order chi connectivity index (χ0) is 13.4. The van der Waals surface area contributed by atoms with E-state index in [1.807, 2.05) is 0 Å². The summed E-state index contributed by atoms with van der Waals surface area (Å²) in [6, 6.07) is 0. The number of rotatable bonds is 0. The third-order valence-corrected chi connectivity index (χ3v) is 0. The second-order valence-corrected chi connectivity index (χ2v) is 3.42. The highest BCUT2D eigenvalue weighted by Gasteiger charge is 1.70. The maximum Gasteiger partial charge on any atom is 0.432 e. The van der Waals surface area contributed by atoms with Gasteiger partial charge in [-0.15, -0.1) is 0 Å². The molecule has 6 heteroatoms. The Bertz CT molecular complexity index is 56.4. The van der Waals surface area contributed by atoms with Crippen molar-refractivity contribution in [1.82, 2.24) is 0 Å². The molecule has 0 spiro atoms. The minimum atomic E-state index is -0.750. The number of hydrogen-bond donors (Lipinski definition) is 5. The average Bonchev–Trinajstić information content (AvgIpc) is 1.81. The maximum atomic E-state index is 8.06. The van der Waals surface area contributed by atoms with Gasteiger partial charge in [0, 0.05) is 18.3 Å². The van der Waals surface area contributed by atoms with Crippen molar-refractivity contribution >= 4 is 7.69 Å². The van der Waals surface area contributed by atoms with Gasteiger partial charge in [-0.25, -0.2) is 0 Å². The van der Waals surface area contributed by atoms with Crippen molar-refractivity contribution in [3.8, 4) is 0 Å². The Morgan fingerprint density at radius 2 is 0.600 bits per heavy atom. The topological polar surface area (TPSA) is 101 Å². The average molecular weight is 226 g/mol. The van der Waals surface area contributed by atoms with Crippen LogP contribution < -0.4 is 0 Å². The molecule has 0 aliphatic carbocycles. The zero-order valence-electron chi connectivity index (χ0n) is 10.7. The van der Waals surface area contributed by atoms with Gasteiger partial charge in [0.25, 0.3) is 0 Å². The smallest absolute Gasteiger partial charge is 0.430 e. The summed E-state index contributed by atoms with van der Waals surface area (Å²) in [6.45, 7) is 10.3. The molecule has 96 valence electrons. The summed E-state index contributed by atoms with van der Waals surface area (Å²) in [5, 5.41) is 38.4. The van der Waals surface area contributed by atoms with E-state index in [2.05, 4.69) is 0 Å². The summed E-state index contributed by atoms with van der Waals surface area (Å²) in [6.07, 6.45) is -0.500. The molecule has 0 bridgehead atoms. The Labute approximate surface area is 93.7 Å². The van der Waals surface area contributed by atoms with Crippen molar-refractivity contribution in [3.05, 3.63) is 0 Å². The first-order valence-corrected chi connectivity index (χ1v) is 4.87. The summed E-state index contributed by atoms with van der Waals surface area (Å²) in [4.78, 5) is 0. The molecule has 0 fully saturated rings. The second-order valence-electron chi connectivity index (χ2n) is 3.42. The first-order valence-electron chi connectivity index (χ1n) is 4.87. The summed E-state index contributed by atoms with van der Waals surface area (Å²) in [7, 11) is -0.750. The van der Waals surface area contributed by atoms with Crippen LogP contribution in [0.3, 0.4) is 0 Å². The van der Waals surface area contributed by atoms with Crippen molar-refractivity contribution in [2.75, 3.05) is 0 Å². The van der Waals surface area contributed by atoms with E-state index < -0.39 is 7.69 Å². The fourth-order valence-electron chi connectivity index (χ4n) is 0. The van der Waals surface area contributed by atoms with Crippen LogP contribution in [0.25, 0.3) is 0 Å². The highest BCUT2D eigenvalue weighted by molar-refractivity contribution is 6.13. The van der Waals surface area contributed by atoms with Crippen molar-refractivity contribution < 1.29 is 25.4 Å². The molecule has 0 aromatic heterocycles. The Hall–Kier alpha value is -0.135. The van der Waals surface area contributed by atoms with Crippen LogP contribution >= 0.6 is 0 Å². The Morgan fingerprint density at radius 3 is 0.600 bits per heavy atom. The molecule has 0 heterocycles. The van der Waals surface area contributed by atoms with E-state index in [1.165, 1.54) is 0 Å². The molecule has 0 amide bonds. The molecule has 0 aromatic carbocycles. The maximum absolute atomic E-state index is 8.06. The van der Waals surface area contributed by atoms with Gasteiger partial charge in [0.1, 0.15) is 0 Å². The van der Waals surface area contributed by atoms with E-state index in [-0.39, 0.29) is 18.3 Å². The van der Waals surface area contributed by atoms with Gasteiger partial charge in [-0.2, -0.15) is 0 Å². The van der Waals surface area contributed by atoms with Gasteiger partial charge in [-0.1, -0.05) is 0 Å². The molecular formula is C9H27BO5. The van der Waals surface area contributed by atoms with Crippen molar-refractivity contribution in [1.29, 1.82) is 0 Å². The Balaban J connectivity index is -0.0000000542. The van der Waals surface area contributed by atoms with Gasteiger partial charge in [-0.05, 0) is 41.5 Å². The predicted octanol–water partition coefficient (Wildman–Crippen LogP) is -0.601. The van der Waals surface area contributed by atoms with Crippen LogP contribution in [0.2, 0.25) is 0 Å². The molecule has 15 heavy (non-hydrogen) atoms. The van der Waals surface area contributed by atoms with Crippen LogP contribution in [0, 0.1) is 0 Å². The highest BCUT2D eigenvalue weighted by atomic mass is 16.4. The van der Waals surface area contributed by atoms with Gasteiger partial charge in [0.05, 0.1) is 0 Å². The van der Waals surface area contributed by atoms with Gasteiger partial charge in [0.15, 0.2) is 0 Å². The van der Waals surface area contributed by atoms with E-state index in [1.54, 1.807) is 41.5 Å². The predicted molar refractivity (Wildman–Crippen MR) is 63.7 cm³/mol. The molecule has 5 N–H and O–H groups in total. The molecule has 0 radical (unpaired) electrons. The lowest BCUT2D eigenvalue weighted by atomic mass is 10.5. The lowest BCUT2D eigenvalue weighted by Crippen LogP contribution is -1.85. The number of hydrogen-bond acceptors (Lipinski definition) is 5. The van der Waals surface area contributed by atoms with Gasteiger partial charge in [-0.3, -0.25) is 0 Å². The third-order valence-electron chi connectivity index (χ3n) is 0. The van der Waals surface area contributed by atoms with Gasteiger partial charge in [0.2, 0.25) is 0 Å². The van der Waals surface area contributed by atoms with E-state index in [0.717, 1.165) is 0 Å². The largest absolute Gasteiger partial charge is 0.432 e. The minimum Gasteiger partial charge on any atom is -0.430 e. The fraction of sp³-hybridized carbons (Fsp3) is 1.00. The molecule has 0 aromatic rings. The summed E-state index contributed by atoms with van der Waals surface area (Å²) < 4.78 is 0. The highest BCUT2D eigenvalue weighted by Crippen LogP contribution is 1.65. The fourth-order valence-corrected chi connectivity index (χ4v) is 0. The van der Waals surface area contributed by atoms with E-state index in [0.29, 0.717) is 0 Å². The Morgan fingerprint density at radius 1 is 0.600 bits per heavy atom. The zero-order valence-corrected chi connectivity index (χ0v) is 10.7. The first-order chi connectivity index (χ1) is 6.61. The van der Waals surface area contributed by atoms with Crippen LogP contribution in [0.4, 0.5) is 0 Å². The van der Waals surface area contributed by atoms with Gasteiger partial charge >= 0.3 is 7.69 Å². The van der Waals surface area contributed by atoms with Gasteiger partial charge < -0.3 is 25.4 Å². The molecular weight excluding hydrogens is 199 g/mol. The van der Waals surface area contributed by atoms with E-state index >= 15 is 0 Å². The lowest BCUT2D eigenvalue weighted by Gasteiger charge is -1.80. The quantitative estimate of drug-likeness (QED) is 0.355. The van der Waals surface area contributed by atoms with Crippen LogP contribution in [0.5, 0.6) is 0 Å². The number of aliphatic hydroxyl groups excluding tert-OH is 3. The number of aliphatic hydroxyl groups is 3.